The highest BCUT2D eigenvalue weighted by Gasteiger charge is 2.38. The molecule has 1 aliphatic carbocycles. The van der Waals surface area contributed by atoms with Crippen LogP contribution in [-0.4, -0.2) is 45.4 Å². The van der Waals surface area contributed by atoms with Crippen LogP contribution in [0.2, 0.25) is 0 Å². The topological polar surface area (TPSA) is 83.5 Å². The number of imidazole rings is 1. The molecule has 7 heteroatoms. The molecule has 2 aromatic heterocycles. The molecule has 4 N–H and O–H groups in total. The maximum absolute atomic E-state index is 5.46. The van der Waals surface area contributed by atoms with E-state index >= 15 is 0 Å². The lowest BCUT2D eigenvalue weighted by molar-refractivity contribution is 0.0738. The van der Waals surface area contributed by atoms with Gasteiger partial charge < -0.3 is 20.0 Å². The van der Waals surface area contributed by atoms with Crippen LogP contribution in [0.25, 0.3) is 5.65 Å². The Bertz CT molecular complexity index is 600. The molecule has 0 unspecified atom stereocenters. The number of nitrogens with zero attached hydrogens (tertiary/aromatic N) is 4. The van der Waals surface area contributed by atoms with Crippen molar-refractivity contribution < 1.29 is 0 Å². The maximum atomic E-state index is 5.46. The van der Waals surface area contributed by atoms with Gasteiger partial charge in [-0.1, -0.05) is 0 Å². The molecular formula is C13H21N7. The standard InChI is InChI=1S/C13H21N7/c1-19(2)13(4-3-5-13)9-16-11-12-15-6-7-20(12)8-10(17-11)18-14/h6-8,18H,3-5,9,14H2,1-2H3,(H,16,17). The van der Waals surface area contributed by atoms with E-state index in [0.717, 1.165) is 18.0 Å². The van der Waals surface area contributed by atoms with E-state index in [0.29, 0.717) is 5.82 Å². The zero-order valence-corrected chi connectivity index (χ0v) is 11.9. The van der Waals surface area contributed by atoms with Crippen molar-refractivity contribution in [2.24, 2.45) is 5.84 Å². The summed E-state index contributed by atoms with van der Waals surface area (Å²) in [5, 5.41) is 3.44. The molecule has 0 radical (unpaired) electrons. The Labute approximate surface area is 118 Å². The fourth-order valence-corrected chi connectivity index (χ4v) is 2.74. The van der Waals surface area contributed by atoms with Gasteiger partial charge in [-0.15, -0.1) is 0 Å². The highest BCUT2D eigenvalue weighted by atomic mass is 15.3. The van der Waals surface area contributed by atoms with E-state index in [1.165, 1.54) is 19.3 Å². The molecule has 1 aliphatic rings. The van der Waals surface area contributed by atoms with E-state index in [1.807, 2.05) is 16.8 Å². The summed E-state index contributed by atoms with van der Waals surface area (Å²) in [6.07, 6.45) is 9.18. The first-order valence-corrected chi connectivity index (χ1v) is 6.86. The minimum absolute atomic E-state index is 0.234. The SMILES string of the molecule is CN(C)C1(CNc2nc(NN)cn3ccnc23)CCC1. The van der Waals surface area contributed by atoms with Gasteiger partial charge in [-0.3, -0.25) is 0 Å². The maximum Gasteiger partial charge on any atom is 0.180 e. The highest BCUT2D eigenvalue weighted by molar-refractivity contribution is 5.65. The fraction of sp³-hybridized carbons (Fsp3) is 0.538. The Balaban J connectivity index is 1.85. The van der Waals surface area contributed by atoms with E-state index in [1.54, 1.807) is 6.20 Å². The Morgan fingerprint density at radius 1 is 1.45 bits per heavy atom. The monoisotopic (exact) mass is 275 g/mol. The van der Waals surface area contributed by atoms with Gasteiger partial charge in [0.1, 0.15) is 0 Å². The number of hydrogen-bond acceptors (Lipinski definition) is 6. The normalized spacial score (nSPS) is 17.2. The van der Waals surface area contributed by atoms with Crippen molar-refractivity contribution in [1.82, 2.24) is 19.3 Å². The molecule has 0 spiro atoms. The summed E-state index contributed by atoms with van der Waals surface area (Å²) in [4.78, 5) is 11.1. The van der Waals surface area contributed by atoms with E-state index < -0.39 is 0 Å². The average Bonchev–Trinajstić information content (AvgIpc) is 2.84. The Hall–Kier alpha value is -1.86. The third kappa shape index (κ3) is 2.08. The molecular weight excluding hydrogens is 254 g/mol. The molecule has 0 bridgehead atoms. The lowest BCUT2D eigenvalue weighted by Crippen LogP contribution is -2.54. The number of hydrogen-bond donors (Lipinski definition) is 3. The molecule has 0 aromatic carbocycles. The molecule has 1 saturated carbocycles. The predicted octanol–water partition coefficient (Wildman–Crippen LogP) is 0.911. The van der Waals surface area contributed by atoms with Gasteiger partial charge in [0.2, 0.25) is 0 Å². The van der Waals surface area contributed by atoms with Gasteiger partial charge in [0.25, 0.3) is 0 Å². The number of fused-ring (bicyclic) bond motifs is 1. The summed E-state index contributed by atoms with van der Waals surface area (Å²) < 4.78 is 1.91. The van der Waals surface area contributed by atoms with Crippen LogP contribution in [0.1, 0.15) is 19.3 Å². The number of nitrogens with one attached hydrogen (secondary N) is 2. The molecule has 3 rings (SSSR count). The molecule has 7 nitrogen and oxygen atoms in total. The van der Waals surface area contributed by atoms with Crippen molar-refractivity contribution in [2.75, 3.05) is 31.4 Å². The van der Waals surface area contributed by atoms with Crippen LogP contribution < -0.4 is 16.6 Å². The zero-order valence-electron chi connectivity index (χ0n) is 11.9. The summed E-state index contributed by atoms with van der Waals surface area (Å²) >= 11 is 0. The number of hydrazine groups is 1. The van der Waals surface area contributed by atoms with Gasteiger partial charge in [0.15, 0.2) is 17.3 Å². The van der Waals surface area contributed by atoms with Crippen LogP contribution in [-0.2, 0) is 0 Å². The van der Waals surface area contributed by atoms with Gasteiger partial charge in [-0.2, -0.15) is 0 Å². The summed E-state index contributed by atoms with van der Waals surface area (Å²) in [5.74, 6) is 6.84. The number of nitrogens with two attached hydrogens (primary N) is 1. The first-order chi connectivity index (χ1) is 9.64. The number of likely N-dealkylation sites (N-methyl/N-ethyl adjacent to an activating group) is 1. The van der Waals surface area contributed by atoms with Crippen LogP contribution in [0.5, 0.6) is 0 Å². The van der Waals surface area contributed by atoms with Gasteiger partial charge >= 0.3 is 0 Å². The van der Waals surface area contributed by atoms with E-state index in [2.05, 4.69) is 39.7 Å². The average molecular weight is 275 g/mol. The number of anilines is 2. The third-order valence-corrected chi connectivity index (χ3v) is 4.34. The second kappa shape index (κ2) is 4.92. The predicted molar refractivity (Wildman–Crippen MR) is 79.6 cm³/mol. The minimum Gasteiger partial charge on any atom is -0.365 e. The second-order valence-corrected chi connectivity index (χ2v) is 5.60. The molecule has 0 saturated heterocycles. The molecule has 2 aromatic rings. The third-order valence-electron chi connectivity index (χ3n) is 4.34. The molecule has 0 aliphatic heterocycles. The highest BCUT2D eigenvalue weighted by Crippen LogP contribution is 2.36. The Morgan fingerprint density at radius 2 is 2.25 bits per heavy atom. The van der Waals surface area contributed by atoms with Crippen molar-refractivity contribution >= 4 is 17.3 Å². The van der Waals surface area contributed by atoms with Gasteiger partial charge in [0, 0.05) is 24.5 Å². The summed E-state index contributed by atoms with van der Waals surface area (Å²) in [6, 6.07) is 0. The minimum atomic E-state index is 0.234. The van der Waals surface area contributed by atoms with Crippen molar-refractivity contribution in [3.63, 3.8) is 0 Å². The van der Waals surface area contributed by atoms with Gasteiger partial charge in [0.05, 0.1) is 6.20 Å². The lowest BCUT2D eigenvalue weighted by atomic mass is 9.75. The summed E-state index contributed by atoms with van der Waals surface area (Å²) in [6.45, 7) is 0.865. The molecule has 108 valence electrons. The van der Waals surface area contributed by atoms with Crippen molar-refractivity contribution in [2.45, 2.75) is 24.8 Å². The number of rotatable bonds is 5. The fourth-order valence-electron chi connectivity index (χ4n) is 2.74. The van der Waals surface area contributed by atoms with Crippen LogP contribution in [0, 0.1) is 0 Å². The van der Waals surface area contributed by atoms with Crippen LogP contribution in [0.3, 0.4) is 0 Å². The van der Waals surface area contributed by atoms with Crippen molar-refractivity contribution in [1.29, 1.82) is 0 Å². The second-order valence-electron chi connectivity index (χ2n) is 5.60. The molecule has 0 atom stereocenters. The van der Waals surface area contributed by atoms with E-state index in [9.17, 15) is 0 Å². The lowest BCUT2D eigenvalue weighted by Gasteiger charge is -2.47. The molecule has 1 fully saturated rings. The van der Waals surface area contributed by atoms with Crippen molar-refractivity contribution in [3.05, 3.63) is 18.6 Å². The molecule has 2 heterocycles. The quantitative estimate of drug-likeness (QED) is 0.556. The van der Waals surface area contributed by atoms with Crippen LogP contribution >= 0.6 is 0 Å². The number of aromatic nitrogens is 3. The summed E-state index contributed by atoms with van der Waals surface area (Å²) in [7, 11) is 4.27. The number of nitrogen functional groups attached to an aromatic ring is 1. The van der Waals surface area contributed by atoms with Gasteiger partial charge in [-0.05, 0) is 33.4 Å². The first-order valence-electron chi connectivity index (χ1n) is 6.86. The smallest absolute Gasteiger partial charge is 0.180 e. The Morgan fingerprint density at radius 3 is 2.85 bits per heavy atom. The van der Waals surface area contributed by atoms with E-state index in [-0.39, 0.29) is 5.54 Å². The summed E-state index contributed by atoms with van der Waals surface area (Å²) in [5.41, 5.74) is 3.64. The molecule has 0 amide bonds. The van der Waals surface area contributed by atoms with Crippen molar-refractivity contribution in [3.8, 4) is 0 Å². The Kier molecular flexibility index (Phi) is 3.23. The molecule has 20 heavy (non-hydrogen) atoms. The van der Waals surface area contributed by atoms with Crippen LogP contribution in [0.4, 0.5) is 11.6 Å². The zero-order chi connectivity index (χ0) is 14.2. The first kappa shape index (κ1) is 13.1. The van der Waals surface area contributed by atoms with Crippen LogP contribution in [0.15, 0.2) is 18.6 Å². The van der Waals surface area contributed by atoms with Gasteiger partial charge in [-0.25, -0.2) is 15.8 Å². The van der Waals surface area contributed by atoms with E-state index in [4.69, 9.17) is 5.84 Å². The largest absolute Gasteiger partial charge is 0.365 e.